The first-order valence-corrected chi connectivity index (χ1v) is 6.73. The van der Waals surface area contributed by atoms with Crippen LogP contribution in [-0.2, 0) is 13.6 Å². The minimum absolute atomic E-state index is 0.111. The SMILES string of the molecule is Cc1onc2c(=O)n(C)nc(C(=O)NCc3ccccc3)c12. The van der Waals surface area contributed by atoms with Gasteiger partial charge in [0.05, 0.1) is 5.39 Å². The van der Waals surface area contributed by atoms with E-state index in [0.29, 0.717) is 17.7 Å². The molecule has 0 fully saturated rings. The maximum absolute atomic E-state index is 12.4. The fraction of sp³-hybridized carbons (Fsp3) is 0.200. The predicted octanol–water partition coefficient (Wildman–Crippen LogP) is 1.16. The van der Waals surface area contributed by atoms with Crippen molar-refractivity contribution < 1.29 is 9.32 Å². The van der Waals surface area contributed by atoms with Crippen LogP contribution >= 0.6 is 0 Å². The lowest BCUT2D eigenvalue weighted by molar-refractivity contribution is 0.0945. The number of nitrogens with one attached hydrogen (secondary N) is 1. The lowest BCUT2D eigenvalue weighted by atomic mass is 10.2. The Labute approximate surface area is 125 Å². The van der Waals surface area contributed by atoms with E-state index in [0.717, 1.165) is 10.2 Å². The summed E-state index contributed by atoms with van der Waals surface area (Å²) < 4.78 is 6.11. The topological polar surface area (TPSA) is 90.0 Å². The normalized spacial score (nSPS) is 10.8. The summed E-state index contributed by atoms with van der Waals surface area (Å²) >= 11 is 0. The molecule has 0 aliphatic rings. The summed E-state index contributed by atoms with van der Waals surface area (Å²) in [6.07, 6.45) is 0. The zero-order valence-corrected chi connectivity index (χ0v) is 12.2. The standard InChI is InChI=1S/C15H14N4O3/c1-9-11-12(17-19(2)15(21)13(11)18-22-9)14(20)16-8-10-6-4-3-5-7-10/h3-7H,8H2,1-2H3,(H,16,20). The summed E-state index contributed by atoms with van der Waals surface area (Å²) in [6.45, 7) is 2.01. The van der Waals surface area contributed by atoms with Crippen molar-refractivity contribution in [3.8, 4) is 0 Å². The van der Waals surface area contributed by atoms with E-state index in [1.807, 2.05) is 30.3 Å². The fourth-order valence-electron chi connectivity index (χ4n) is 2.22. The molecule has 112 valence electrons. The summed E-state index contributed by atoms with van der Waals surface area (Å²) in [7, 11) is 1.47. The molecule has 0 atom stereocenters. The highest BCUT2D eigenvalue weighted by molar-refractivity contribution is 6.04. The molecule has 7 heteroatoms. The van der Waals surface area contributed by atoms with Crippen LogP contribution in [0.25, 0.3) is 10.9 Å². The van der Waals surface area contributed by atoms with E-state index in [4.69, 9.17) is 4.52 Å². The van der Waals surface area contributed by atoms with E-state index in [1.54, 1.807) is 6.92 Å². The number of hydrogen-bond donors (Lipinski definition) is 1. The van der Waals surface area contributed by atoms with Gasteiger partial charge in [-0.15, -0.1) is 0 Å². The second-order valence-corrected chi connectivity index (χ2v) is 4.91. The van der Waals surface area contributed by atoms with Crippen LogP contribution in [-0.4, -0.2) is 20.8 Å². The van der Waals surface area contributed by atoms with Gasteiger partial charge in [-0.3, -0.25) is 9.59 Å². The molecule has 3 aromatic rings. The van der Waals surface area contributed by atoms with Crippen LogP contribution in [0.1, 0.15) is 21.8 Å². The monoisotopic (exact) mass is 298 g/mol. The Hall–Kier alpha value is -2.96. The van der Waals surface area contributed by atoms with Crippen LogP contribution in [0.2, 0.25) is 0 Å². The molecule has 0 bridgehead atoms. The van der Waals surface area contributed by atoms with Crippen molar-refractivity contribution in [1.82, 2.24) is 20.3 Å². The number of nitrogens with zero attached hydrogens (tertiary/aromatic N) is 3. The van der Waals surface area contributed by atoms with E-state index in [2.05, 4.69) is 15.6 Å². The van der Waals surface area contributed by atoms with Gasteiger partial charge in [0.15, 0.2) is 11.2 Å². The maximum atomic E-state index is 12.4. The fourth-order valence-corrected chi connectivity index (χ4v) is 2.22. The number of carbonyl (C=O) groups is 1. The third kappa shape index (κ3) is 2.37. The first-order valence-electron chi connectivity index (χ1n) is 6.73. The minimum atomic E-state index is -0.397. The second kappa shape index (κ2) is 5.44. The molecule has 0 unspecified atom stereocenters. The van der Waals surface area contributed by atoms with E-state index < -0.39 is 5.56 Å². The Morgan fingerprint density at radius 3 is 2.77 bits per heavy atom. The highest BCUT2D eigenvalue weighted by atomic mass is 16.5. The number of amides is 1. The first-order chi connectivity index (χ1) is 10.6. The number of aromatic nitrogens is 3. The van der Waals surface area contributed by atoms with Crippen molar-refractivity contribution in [2.45, 2.75) is 13.5 Å². The van der Waals surface area contributed by atoms with Crippen molar-refractivity contribution in [1.29, 1.82) is 0 Å². The van der Waals surface area contributed by atoms with Crippen molar-refractivity contribution >= 4 is 16.8 Å². The van der Waals surface area contributed by atoms with E-state index in [9.17, 15) is 9.59 Å². The molecule has 1 amide bonds. The zero-order valence-electron chi connectivity index (χ0n) is 12.2. The largest absolute Gasteiger partial charge is 0.360 e. The highest BCUT2D eigenvalue weighted by Gasteiger charge is 2.21. The molecule has 22 heavy (non-hydrogen) atoms. The molecule has 1 N–H and O–H groups in total. The summed E-state index contributed by atoms with van der Waals surface area (Å²) in [5.41, 5.74) is 0.817. The van der Waals surface area contributed by atoms with Crippen molar-refractivity contribution in [3.05, 3.63) is 57.7 Å². The van der Waals surface area contributed by atoms with E-state index in [1.165, 1.54) is 7.05 Å². The van der Waals surface area contributed by atoms with Crippen molar-refractivity contribution in [2.75, 3.05) is 0 Å². The number of aryl methyl sites for hydroxylation is 2. The number of hydrogen-bond acceptors (Lipinski definition) is 5. The Bertz CT molecular complexity index is 896. The Morgan fingerprint density at radius 1 is 1.32 bits per heavy atom. The predicted molar refractivity (Wildman–Crippen MR) is 79.4 cm³/mol. The van der Waals surface area contributed by atoms with Gasteiger partial charge in [-0.2, -0.15) is 5.10 Å². The molecule has 0 aliphatic carbocycles. The van der Waals surface area contributed by atoms with Gasteiger partial charge in [0.2, 0.25) is 0 Å². The van der Waals surface area contributed by atoms with Gasteiger partial charge < -0.3 is 9.84 Å². The lowest BCUT2D eigenvalue weighted by Gasteiger charge is -2.06. The molecule has 0 spiro atoms. The third-order valence-electron chi connectivity index (χ3n) is 3.36. The molecule has 0 saturated carbocycles. The molecule has 1 aromatic carbocycles. The Kier molecular flexibility index (Phi) is 3.46. The van der Waals surface area contributed by atoms with Gasteiger partial charge in [0, 0.05) is 13.6 Å². The number of fused-ring (bicyclic) bond motifs is 1. The molecule has 3 rings (SSSR count). The average molecular weight is 298 g/mol. The van der Waals surface area contributed by atoms with Crippen LogP contribution < -0.4 is 10.9 Å². The second-order valence-electron chi connectivity index (χ2n) is 4.91. The molecule has 0 saturated heterocycles. The van der Waals surface area contributed by atoms with Crippen LogP contribution in [0, 0.1) is 6.92 Å². The summed E-state index contributed by atoms with van der Waals surface area (Å²) in [5.74, 6) is 0.0146. The first kappa shape index (κ1) is 14.0. The van der Waals surface area contributed by atoms with E-state index in [-0.39, 0.29) is 17.1 Å². The van der Waals surface area contributed by atoms with Crippen LogP contribution in [0.5, 0.6) is 0 Å². The van der Waals surface area contributed by atoms with Crippen molar-refractivity contribution in [2.24, 2.45) is 7.05 Å². The third-order valence-corrected chi connectivity index (χ3v) is 3.36. The minimum Gasteiger partial charge on any atom is -0.360 e. The quantitative estimate of drug-likeness (QED) is 0.783. The molecule has 7 nitrogen and oxygen atoms in total. The Balaban J connectivity index is 1.96. The molecule has 0 aliphatic heterocycles. The number of benzene rings is 1. The number of rotatable bonds is 3. The van der Waals surface area contributed by atoms with Gasteiger partial charge in [-0.05, 0) is 12.5 Å². The smallest absolute Gasteiger partial charge is 0.296 e. The molecular weight excluding hydrogens is 284 g/mol. The molecule has 2 heterocycles. The van der Waals surface area contributed by atoms with Crippen LogP contribution in [0.3, 0.4) is 0 Å². The van der Waals surface area contributed by atoms with E-state index >= 15 is 0 Å². The average Bonchev–Trinajstić information content (AvgIpc) is 2.92. The molecular formula is C15H14N4O3. The number of carbonyl (C=O) groups excluding carboxylic acids is 1. The Morgan fingerprint density at radius 2 is 2.05 bits per heavy atom. The van der Waals surface area contributed by atoms with Gasteiger partial charge in [-0.25, -0.2) is 4.68 Å². The highest BCUT2D eigenvalue weighted by Crippen LogP contribution is 2.17. The summed E-state index contributed by atoms with van der Waals surface area (Å²) in [6, 6.07) is 9.52. The molecule has 0 radical (unpaired) electrons. The molecule has 2 aromatic heterocycles. The zero-order chi connectivity index (χ0) is 15.7. The van der Waals surface area contributed by atoms with Gasteiger partial charge in [0.1, 0.15) is 5.76 Å². The van der Waals surface area contributed by atoms with Crippen LogP contribution in [0.4, 0.5) is 0 Å². The maximum Gasteiger partial charge on any atom is 0.296 e. The lowest BCUT2D eigenvalue weighted by Crippen LogP contribution is -2.29. The van der Waals surface area contributed by atoms with Gasteiger partial charge >= 0.3 is 0 Å². The van der Waals surface area contributed by atoms with Crippen molar-refractivity contribution in [3.63, 3.8) is 0 Å². The van der Waals surface area contributed by atoms with Gasteiger partial charge in [0.25, 0.3) is 11.5 Å². The van der Waals surface area contributed by atoms with Gasteiger partial charge in [-0.1, -0.05) is 35.5 Å². The van der Waals surface area contributed by atoms with Crippen LogP contribution in [0.15, 0.2) is 39.6 Å². The summed E-state index contributed by atoms with van der Waals surface area (Å²) in [4.78, 5) is 24.3. The summed E-state index contributed by atoms with van der Waals surface area (Å²) in [5, 5.41) is 10.9.